The van der Waals surface area contributed by atoms with E-state index in [-0.39, 0.29) is 5.82 Å². The molecular formula is C31H41FOS. The molecule has 1 saturated carbocycles. The van der Waals surface area contributed by atoms with Crippen LogP contribution >= 0.6 is 12.2 Å². The molecule has 0 radical (unpaired) electrons. The van der Waals surface area contributed by atoms with Gasteiger partial charge in [0.15, 0.2) is 16.1 Å². The first kappa shape index (κ1) is 25.4. The predicted molar refractivity (Wildman–Crippen MR) is 146 cm³/mol. The van der Waals surface area contributed by atoms with Crippen molar-refractivity contribution < 1.29 is 8.81 Å². The summed E-state index contributed by atoms with van der Waals surface area (Å²) >= 11 is 5.57. The Hall–Kier alpha value is -1.74. The lowest BCUT2D eigenvalue weighted by Gasteiger charge is -2.29. The molecule has 0 saturated heterocycles. The molecular weight excluding hydrogens is 439 g/mol. The maximum absolute atomic E-state index is 14.8. The summed E-state index contributed by atoms with van der Waals surface area (Å²) < 4.78 is 21.1. The third-order valence-corrected chi connectivity index (χ3v) is 8.39. The monoisotopic (exact) mass is 480 g/mol. The molecule has 0 spiro atoms. The molecule has 3 heteroatoms. The van der Waals surface area contributed by atoms with Crippen molar-refractivity contribution in [3.8, 4) is 0 Å². The molecule has 184 valence electrons. The van der Waals surface area contributed by atoms with Crippen molar-refractivity contribution in [1.82, 2.24) is 0 Å². The molecule has 2 aromatic carbocycles. The molecule has 0 N–H and O–H groups in total. The number of halogens is 1. The van der Waals surface area contributed by atoms with E-state index in [1.165, 1.54) is 89.0 Å². The second-order valence-corrected chi connectivity index (χ2v) is 10.8. The van der Waals surface area contributed by atoms with Gasteiger partial charge in [0, 0.05) is 10.8 Å². The molecule has 34 heavy (non-hydrogen) atoms. The maximum Gasteiger partial charge on any atom is 0.198 e. The van der Waals surface area contributed by atoms with E-state index in [0.717, 1.165) is 22.1 Å². The second kappa shape index (κ2) is 12.3. The number of rotatable bonds is 11. The molecule has 1 aliphatic rings. The summed E-state index contributed by atoms with van der Waals surface area (Å²) in [6, 6.07) is 10.4. The third kappa shape index (κ3) is 5.90. The zero-order valence-electron chi connectivity index (χ0n) is 21.1. The molecule has 1 heterocycles. The molecule has 0 amide bonds. The summed E-state index contributed by atoms with van der Waals surface area (Å²) in [4.78, 5) is 0. The number of benzene rings is 2. The fraction of sp³-hybridized carbons (Fsp3) is 0.581. The average Bonchev–Trinajstić information content (AvgIpc) is 2.86. The van der Waals surface area contributed by atoms with Crippen LogP contribution in [0.25, 0.3) is 21.7 Å². The Morgan fingerprint density at radius 3 is 2.21 bits per heavy atom. The largest absolute Gasteiger partial charge is 0.441 e. The fourth-order valence-corrected chi connectivity index (χ4v) is 6.15. The van der Waals surface area contributed by atoms with Crippen LogP contribution in [0.15, 0.2) is 34.7 Å². The van der Waals surface area contributed by atoms with E-state index >= 15 is 0 Å². The van der Waals surface area contributed by atoms with Gasteiger partial charge in [-0.15, -0.1) is 0 Å². The van der Waals surface area contributed by atoms with Crippen LogP contribution in [0.2, 0.25) is 0 Å². The molecule has 1 aromatic heterocycles. The van der Waals surface area contributed by atoms with Gasteiger partial charge in [-0.05, 0) is 78.7 Å². The minimum atomic E-state index is -0.271. The van der Waals surface area contributed by atoms with Gasteiger partial charge in [-0.1, -0.05) is 95.9 Å². The van der Waals surface area contributed by atoms with Crippen molar-refractivity contribution in [3.05, 3.63) is 52.0 Å². The normalized spacial score (nSPS) is 18.7. The molecule has 0 atom stereocenters. The Bertz CT molecular complexity index is 1140. The highest BCUT2D eigenvalue weighted by molar-refractivity contribution is 7.71. The van der Waals surface area contributed by atoms with Crippen LogP contribution in [-0.2, 0) is 6.42 Å². The summed E-state index contributed by atoms with van der Waals surface area (Å²) in [6.07, 6.45) is 18.5. The Balaban J connectivity index is 1.35. The van der Waals surface area contributed by atoms with Crippen molar-refractivity contribution in [1.29, 1.82) is 0 Å². The van der Waals surface area contributed by atoms with Crippen LogP contribution in [0.4, 0.5) is 4.39 Å². The Kier molecular flexibility index (Phi) is 9.17. The number of fused-ring (bicyclic) bond motifs is 3. The van der Waals surface area contributed by atoms with Gasteiger partial charge >= 0.3 is 0 Å². The molecule has 0 aliphatic heterocycles. The summed E-state index contributed by atoms with van der Waals surface area (Å²) in [5, 5.41) is 2.77. The highest BCUT2D eigenvalue weighted by Gasteiger charge is 2.23. The van der Waals surface area contributed by atoms with E-state index in [1.807, 2.05) is 19.1 Å². The first-order chi connectivity index (χ1) is 16.6. The summed E-state index contributed by atoms with van der Waals surface area (Å²) in [5.41, 5.74) is 2.33. The van der Waals surface area contributed by atoms with Gasteiger partial charge in [-0.2, -0.15) is 0 Å². The number of hydrogen-bond acceptors (Lipinski definition) is 2. The van der Waals surface area contributed by atoms with Crippen LogP contribution in [0.1, 0.15) is 114 Å². The van der Waals surface area contributed by atoms with Crippen LogP contribution in [-0.4, -0.2) is 0 Å². The Labute approximate surface area is 210 Å². The zero-order chi connectivity index (χ0) is 23.9. The van der Waals surface area contributed by atoms with Crippen LogP contribution in [0, 0.1) is 16.4 Å². The lowest BCUT2D eigenvalue weighted by atomic mass is 9.76. The Morgan fingerprint density at radius 1 is 0.824 bits per heavy atom. The van der Waals surface area contributed by atoms with Gasteiger partial charge in [0.2, 0.25) is 0 Å². The van der Waals surface area contributed by atoms with Crippen LogP contribution in [0.5, 0.6) is 0 Å². The second-order valence-electron chi connectivity index (χ2n) is 10.4. The predicted octanol–water partition coefficient (Wildman–Crippen LogP) is 10.8. The van der Waals surface area contributed by atoms with Crippen molar-refractivity contribution in [3.63, 3.8) is 0 Å². The minimum absolute atomic E-state index is 0.271. The lowest BCUT2D eigenvalue weighted by Crippen LogP contribution is -2.13. The summed E-state index contributed by atoms with van der Waals surface area (Å²) in [5.74, 6) is 1.23. The highest BCUT2D eigenvalue weighted by atomic mass is 32.1. The van der Waals surface area contributed by atoms with Crippen LogP contribution < -0.4 is 0 Å². The minimum Gasteiger partial charge on any atom is -0.441 e. The first-order valence-corrected chi connectivity index (χ1v) is 14.2. The van der Waals surface area contributed by atoms with E-state index in [2.05, 4.69) is 25.1 Å². The molecule has 0 unspecified atom stereocenters. The van der Waals surface area contributed by atoms with Crippen molar-refractivity contribution in [2.24, 2.45) is 5.92 Å². The van der Waals surface area contributed by atoms with Gasteiger partial charge < -0.3 is 4.42 Å². The van der Waals surface area contributed by atoms with Gasteiger partial charge in [0.25, 0.3) is 0 Å². The smallest absolute Gasteiger partial charge is 0.198 e. The zero-order valence-corrected chi connectivity index (χ0v) is 22.0. The van der Waals surface area contributed by atoms with Gasteiger partial charge in [0.05, 0.1) is 0 Å². The first-order valence-electron chi connectivity index (χ1n) is 13.8. The van der Waals surface area contributed by atoms with Crippen molar-refractivity contribution >= 4 is 34.0 Å². The SMILES string of the molecule is CCCCCCCCCCC1CCC(c2ccc3c(c2)c(=S)oc2c(F)c(CC)ccc23)CC1. The quantitative estimate of drug-likeness (QED) is 0.154. The van der Waals surface area contributed by atoms with E-state index in [9.17, 15) is 4.39 Å². The molecule has 3 aromatic rings. The lowest BCUT2D eigenvalue weighted by molar-refractivity contribution is 0.302. The molecule has 4 rings (SSSR count). The Morgan fingerprint density at radius 2 is 1.50 bits per heavy atom. The highest BCUT2D eigenvalue weighted by Crippen LogP contribution is 2.39. The number of hydrogen-bond donors (Lipinski definition) is 0. The molecule has 1 fully saturated rings. The summed E-state index contributed by atoms with van der Waals surface area (Å²) in [7, 11) is 0. The molecule has 1 nitrogen and oxygen atoms in total. The van der Waals surface area contributed by atoms with Gasteiger partial charge in [-0.3, -0.25) is 0 Å². The van der Waals surface area contributed by atoms with E-state index in [1.54, 1.807) is 0 Å². The van der Waals surface area contributed by atoms with Crippen LogP contribution in [0.3, 0.4) is 0 Å². The maximum atomic E-state index is 14.8. The van der Waals surface area contributed by atoms with E-state index in [0.29, 0.717) is 28.2 Å². The summed E-state index contributed by atoms with van der Waals surface area (Å²) in [6.45, 7) is 4.24. The standard InChI is InChI=1S/C31H41FOS/c1-3-5-6-7-8-9-10-11-12-22-13-15-24(16-14-22)25-18-19-26-27-20-17-23(4-2)29(32)30(27)33-31(34)28(26)21-25/h17-22,24H,3-16H2,1-2H3. The van der Waals surface area contributed by atoms with Crippen molar-refractivity contribution in [2.45, 2.75) is 110 Å². The number of unbranched alkanes of at least 4 members (excludes halogenated alkanes) is 7. The topological polar surface area (TPSA) is 13.1 Å². The molecule has 1 aliphatic carbocycles. The van der Waals surface area contributed by atoms with Crippen molar-refractivity contribution in [2.75, 3.05) is 0 Å². The number of aryl methyl sites for hydroxylation is 1. The van der Waals surface area contributed by atoms with Gasteiger partial charge in [0.1, 0.15) is 0 Å². The van der Waals surface area contributed by atoms with Gasteiger partial charge in [-0.25, -0.2) is 4.39 Å². The average molecular weight is 481 g/mol. The molecule has 0 bridgehead atoms. The third-order valence-electron chi connectivity index (χ3n) is 8.09. The van der Waals surface area contributed by atoms with E-state index in [4.69, 9.17) is 16.6 Å². The van der Waals surface area contributed by atoms with E-state index < -0.39 is 0 Å². The fourth-order valence-electron chi connectivity index (χ4n) is 5.90.